The second kappa shape index (κ2) is 3.21. The summed E-state index contributed by atoms with van der Waals surface area (Å²) in [6.07, 6.45) is 6.80. The van der Waals surface area contributed by atoms with Crippen molar-refractivity contribution >= 4 is 0 Å². The van der Waals surface area contributed by atoms with Crippen LogP contribution in [0.4, 0.5) is 0 Å². The quantitative estimate of drug-likeness (QED) is 0.574. The van der Waals surface area contributed by atoms with Gasteiger partial charge in [0.25, 0.3) is 0 Å². The van der Waals surface area contributed by atoms with E-state index in [1.165, 1.54) is 32.1 Å². The molecule has 0 amide bonds. The van der Waals surface area contributed by atoms with Gasteiger partial charge in [0.15, 0.2) is 0 Å². The van der Waals surface area contributed by atoms with Gasteiger partial charge in [-0.1, -0.05) is 26.2 Å². The molecule has 1 rings (SSSR count). The van der Waals surface area contributed by atoms with Crippen molar-refractivity contribution in [1.82, 2.24) is 0 Å². The van der Waals surface area contributed by atoms with E-state index in [9.17, 15) is 0 Å². The van der Waals surface area contributed by atoms with Gasteiger partial charge in [0.2, 0.25) is 0 Å². The molecule has 0 aromatic heterocycles. The van der Waals surface area contributed by atoms with Crippen molar-refractivity contribution in [3.63, 3.8) is 0 Å². The highest BCUT2D eigenvalue weighted by Crippen LogP contribution is 2.32. The minimum absolute atomic E-state index is 0.571. The van der Waals surface area contributed by atoms with Crippen LogP contribution in [0.2, 0.25) is 0 Å². The van der Waals surface area contributed by atoms with E-state index in [2.05, 4.69) is 6.92 Å². The SMILES string of the molecule is CCCCCC1CC1N. The van der Waals surface area contributed by atoms with E-state index in [1.807, 2.05) is 0 Å². The minimum atomic E-state index is 0.571. The average Bonchev–Trinajstić information content (AvgIpc) is 2.48. The Labute approximate surface area is 57.6 Å². The number of nitrogens with two attached hydrogens (primary N) is 1. The number of hydrogen-bond acceptors (Lipinski definition) is 1. The van der Waals surface area contributed by atoms with Gasteiger partial charge in [-0.3, -0.25) is 0 Å². The Morgan fingerprint density at radius 3 is 2.56 bits per heavy atom. The van der Waals surface area contributed by atoms with Crippen LogP contribution in [-0.4, -0.2) is 6.04 Å². The molecule has 2 unspecified atom stereocenters. The van der Waals surface area contributed by atoms with Gasteiger partial charge in [-0.25, -0.2) is 0 Å². The molecule has 2 atom stereocenters. The summed E-state index contributed by atoms with van der Waals surface area (Å²) in [5, 5.41) is 0. The van der Waals surface area contributed by atoms with Gasteiger partial charge in [0.1, 0.15) is 0 Å². The molecule has 0 aliphatic heterocycles. The predicted octanol–water partition coefficient (Wildman–Crippen LogP) is 1.91. The minimum Gasteiger partial charge on any atom is -0.327 e. The van der Waals surface area contributed by atoms with Crippen molar-refractivity contribution in [3.8, 4) is 0 Å². The third-order valence-electron chi connectivity index (χ3n) is 2.16. The summed E-state index contributed by atoms with van der Waals surface area (Å²) in [7, 11) is 0. The first-order chi connectivity index (χ1) is 4.34. The fourth-order valence-electron chi connectivity index (χ4n) is 1.26. The van der Waals surface area contributed by atoms with Gasteiger partial charge < -0.3 is 5.73 Å². The maximum Gasteiger partial charge on any atom is 0.00709 e. The second-order valence-electron chi connectivity index (χ2n) is 3.16. The Hall–Kier alpha value is -0.0400. The molecule has 0 bridgehead atoms. The van der Waals surface area contributed by atoms with Crippen molar-refractivity contribution in [1.29, 1.82) is 0 Å². The lowest BCUT2D eigenvalue weighted by Crippen LogP contribution is -2.01. The number of rotatable bonds is 4. The molecule has 1 heteroatoms. The van der Waals surface area contributed by atoms with Gasteiger partial charge >= 0.3 is 0 Å². The Morgan fingerprint density at radius 1 is 1.44 bits per heavy atom. The molecule has 1 aliphatic carbocycles. The van der Waals surface area contributed by atoms with Crippen LogP contribution in [0.5, 0.6) is 0 Å². The second-order valence-corrected chi connectivity index (χ2v) is 3.16. The predicted molar refractivity (Wildman–Crippen MR) is 40.2 cm³/mol. The van der Waals surface area contributed by atoms with Crippen LogP contribution >= 0.6 is 0 Å². The molecule has 9 heavy (non-hydrogen) atoms. The zero-order valence-electron chi connectivity index (χ0n) is 6.27. The largest absolute Gasteiger partial charge is 0.327 e. The van der Waals surface area contributed by atoms with E-state index in [0.717, 1.165) is 5.92 Å². The standard InChI is InChI=1S/C8H17N/c1-2-3-4-5-7-6-8(7)9/h7-8H,2-6,9H2,1H3. The summed E-state index contributed by atoms with van der Waals surface area (Å²) in [4.78, 5) is 0. The topological polar surface area (TPSA) is 26.0 Å². The van der Waals surface area contributed by atoms with Crippen LogP contribution in [0, 0.1) is 5.92 Å². The zero-order chi connectivity index (χ0) is 6.69. The number of hydrogen-bond donors (Lipinski definition) is 1. The van der Waals surface area contributed by atoms with E-state index < -0.39 is 0 Å². The normalized spacial score (nSPS) is 32.7. The van der Waals surface area contributed by atoms with Crippen LogP contribution in [0.1, 0.15) is 39.0 Å². The molecular weight excluding hydrogens is 110 g/mol. The van der Waals surface area contributed by atoms with E-state index in [1.54, 1.807) is 0 Å². The molecule has 54 valence electrons. The van der Waals surface area contributed by atoms with Crippen LogP contribution in [0.3, 0.4) is 0 Å². The third kappa shape index (κ3) is 2.35. The van der Waals surface area contributed by atoms with Crippen molar-refractivity contribution in [2.24, 2.45) is 11.7 Å². The van der Waals surface area contributed by atoms with Crippen molar-refractivity contribution in [2.75, 3.05) is 0 Å². The molecular formula is C8H17N. The van der Waals surface area contributed by atoms with Crippen LogP contribution in [0.25, 0.3) is 0 Å². The summed E-state index contributed by atoms with van der Waals surface area (Å²) in [6.45, 7) is 2.24. The monoisotopic (exact) mass is 127 g/mol. The summed E-state index contributed by atoms with van der Waals surface area (Å²) in [5.74, 6) is 0.900. The van der Waals surface area contributed by atoms with Gasteiger partial charge in [0, 0.05) is 6.04 Å². The zero-order valence-corrected chi connectivity index (χ0v) is 6.27. The lowest BCUT2D eigenvalue weighted by atomic mass is 10.1. The highest BCUT2D eigenvalue weighted by Gasteiger charge is 2.31. The molecule has 2 N–H and O–H groups in total. The molecule has 0 radical (unpaired) electrons. The fourth-order valence-corrected chi connectivity index (χ4v) is 1.26. The Bertz CT molecular complexity index is 80.6. The first kappa shape index (κ1) is 7.07. The molecule has 0 aromatic rings. The lowest BCUT2D eigenvalue weighted by molar-refractivity contribution is 0.608. The van der Waals surface area contributed by atoms with E-state index >= 15 is 0 Å². The lowest BCUT2D eigenvalue weighted by Gasteiger charge is -1.94. The van der Waals surface area contributed by atoms with Gasteiger partial charge in [-0.2, -0.15) is 0 Å². The van der Waals surface area contributed by atoms with Crippen molar-refractivity contribution in [3.05, 3.63) is 0 Å². The van der Waals surface area contributed by atoms with Gasteiger partial charge in [0.05, 0.1) is 0 Å². The average molecular weight is 127 g/mol. The highest BCUT2D eigenvalue weighted by atomic mass is 14.7. The first-order valence-corrected chi connectivity index (χ1v) is 4.10. The molecule has 1 aliphatic rings. The van der Waals surface area contributed by atoms with Crippen LogP contribution in [-0.2, 0) is 0 Å². The number of unbranched alkanes of at least 4 members (excludes halogenated alkanes) is 2. The summed E-state index contributed by atoms with van der Waals surface area (Å²) in [5.41, 5.74) is 5.65. The molecule has 0 heterocycles. The van der Waals surface area contributed by atoms with Gasteiger partial charge in [-0.05, 0) is 18.8 Å². The molecule has 1 fully saturated rings. The summed E-state index contributed by atoms with van der Waals surface area (Å²) < 4.78 is 0. The molecule has 0 spiro atoms. The molecule has 0 saturated heterocycles. The van der Waals surface area contributed by atoms with Crippen molar-refractivity contribution in [2.45, 2.75) is 45.1 Å². The van der Waals surface area contributed by atoms with Crippen LogP contribution in [0.15, 0.2) is 0 Å². The smallest absolute Gasteiger partial charge is 0.00709 e. The maximum absolute atomic E-state index is 5.65. The summed E-state index contributed by atoms with van der Waals surface area (Å²) >= 11 is 0. The fraction of sp³-hybridized carbons (Fsp3) is 1.00. The Balaban J connectivity index is 1.83. The molecule has 0 aromatic carbocycles. The molecule has 1 saturated carbocycles. The summed E-state index contributed by atoms with van der Waals surface area (Å²) in [6, 6.07) is 0.571. The maximum atomic E-state index is 5.65. The van der Waals surface area contributed by atoms with Crippen LogP contribution < -0.4 is 5.73 Å². The highest BCUT2D eigenvalue weighted by molar-refractivity contribution is 4.89. The van der Waals surface area contributed by atoms with Gasteiger partial charge in [-0.15, -0.1) is 0 Å². The van der Waals surface area contributed by atoms with E-state index in [4.69, 9.17) is 5.73 Å². The molecule has 1 nitrogen and oxygen atoms in total. The van der Waals surface area contributed by atoms with Crippen molar-refractivity contribution < 1.29 is 0 Å². The van der Waals surface area contributed by atoms with E-state index in [-0.39, 0.29) is 0 Å². The third-order valence-corrected chi connectivity index (χ3v) is 2.16. The first-order valence-electron chi connectivity index (χ1n) is 4.10. The Morgan fingerprint density at radius 2 is 2.11 bits per heavy atom. The van der Waals surface area contributed by atoms with E-state index in [0.29, 0.717) is 6.04 Å². The Kier molecular flexibility index (Phi) is 2.52.